The van der Waals surface area contributed by atoms with Gasteiger partial charge < -0.3 is 4.90 Å². The average molecular weight is 494 g/mol. The van der Waals surface area contributed by atoms with Gasteiger partial charge in [-0.05, 0) is 71.4 Å². The molecule has 5 heteroatoms. The largest absolute Gasteiger partial charge is 0.303 e. The van der Waals surface area contributed by atoms with Crippen molar-refractivity contribution in [3.8, 4) is 0 Å². The van der Waals surface area contributed by atoms with Gasteiger partial charge >= 0.3 is 0 Å². The molecule has 0 atom stereocenters. The number of hydrogen-bond donors (Lipinski definition) is 0. The molecule has 0 saturated carbocycles. The van der Waals surface area contributed by atoms with Gasteiger partial charge in [-0.15, -0.1) is 0 Å². The molecule has 1 saturated heterocycles. The van der Waals surface area contributed by atoms with Gasteiger partial charge in [-0.1, -0.05) is 66.7 Å². The van der Waals surface area contributed by atoms with Crippen LogP contribution in [0.15, 0.2) is 66.7 Å². The smallest absolute Gasteiger partial charge is 0.266 e. The van der Waals surface area contributed by atoms with Crippen LogP contribution in [0.5, 0.6) is 0 Å². The second kappa shape index (κ2) is 11.0. The number of halogens is 4. The van der Waals surface area contributed by atoms with Crippen LogP contribution in [0.25, 0.3) is 11.1 Å². The van der Waals surface area contributed by atoms with Crippen molar-refractivity contribution >= 4 is 11.1 Å². The quantitative estimate of drug-likeness (QED) is 0.288. The first-order chi connectivity index (χ1) is 17.5. The maximum absolute atomic E-state index is 15.3. The summed E-state index contributed by atoms with van der Waals surface area (Å²) in [6.45, 7) is 2.57. The highest BCUT2D eigenvalue weighted by Crippen LogP contribution is 2.41. The number of rotatable bonds is 8. The fourth-order valence-electron chi connectivity index (χ4n) is 5.69. The predicted octanol–water partition coefficient (Wildman–Crippen LogP) is 7.89. The van der Waals surface area contributed by atoms with Crippen LogP contribution in [-0.2, 0) is 12.8 Å². The average Bonchev–Trinajstić information content (AvgIpc) is 3.05. The summed E-state index contributed by atoms with van der Waals surface area (Å²) in [4.78, 5) is 2.29. The van der Waals surface area contributed by atoms with Crippen LogP contribution >= 0.6 is 0 Å². The van der Waals surface area contributed by atoms with Gasteiger partial charge in [-0.2, -0.15) is 0 Å². The van der Waals surface area contributed by atoms with Crippen LogP contribution in [0.4, 0.5) is 17.6 Å². The van der Waals surface area contributed by atoms with Crippen LogP contribution in [0.2, 0.25) is 0 Å². The lowest BCUT2D eigenvalue weighted by molar-refractivity contribution is 0.0968. The normalized spacial score (nSPS) is 16.7. The van der Waals surface area contributed by atoms with E-state index in [1.165, 1.54) is 23.3 Å². The van der Waals surface area contributed by atoms with Crippen molar-refractivity contribution in [2.24, 2.45) is 5.92 Å². The maximum atomic E-state index is 15.3. The fraction of sp³-hybridized carbons (Fsp3) is 0.355. The minimum atomic E-state index is -2.86. The van der Waals surface area contributed by atoms with E-state index in [4.69, 9.17) is 0 Å². The van der Waals surface area contributed by atoms with E-state index in [1.54, 1.807) is 6.07 Å². The van der Waals surface area contributed by atoms with E-state index in [1.807, 2.05) is 12.1 Å². The molecule has 5 rings (SSSR count). The zero-order valence-electron chi connectivity index (χ0n) is 20.3. The number of likely N-dealkylation sites (tertiary alicyclic amines) is 1. The van der Waals surface area contributed by atoms with Gasteiger partial charge in [-0.3, -0.25) is 4.39 Å². The molecular weight excluding hydrogens is 462 g/mol. The van der Waals surface area contributed by atoms with E-state index in [9.17, 15) is 13.2 Å². The molecule has 0 N–H and O–H groups in total. The molecule has 0 bridgehead atoms. The Kier molecular flexibility index (Phi) is 7.56. The highest BCUT2D eigenvalue weighted by Gasteiger charge is 2.27. The summed E-state index contributed by atoms with van der Waals surface area (Å²) in [7, 11) is 0. The number of benzene rings is 3. The van der Waals surface area contributed by atoms with Crippen LogP contribution in [0, 0.1) is 11.7 Å². The van der Waals surface area contributed by atoms with E-state index >= 15 is 4.39 Å². The molecule has 188 valence electrons. The van der Waals surface area contributed by atoms with Crippen LogP contribution in [-0.4, -0.2) is 31.2 Å². The summed E-state index contributed by atoms with van der Waals surface area (Å²) in [5.41, 5.74) is 5.89. The zero-order chi connectivity index (χ0) is 25.1. The highest BCUT2D eigenvalue weighted by molar-refractivity contribution is 6.00. The van der Waals surface area contributed by atoms with E-state index in [0.29, 0.717) is 18.8 Å². The van der Waals surface area contributed by atoms with E-state index in [-0.39, 0.29) is 12.2 Å². The Balaban J connectivity index is 1.50. The highest BCUT2D eigenvalue weighted by atomic mass is 19.3. The van der Waals surface area contributed by atoms with Gasteiger partial charge in [0.15, 0.2) is 0 Å². The summed E-state index contributed by atoms with van der Waals surface area (Å²) in [5.74, 6) is -0.242. The first kappa shape index (κ1) is 24.8. The Bertz CT molecular complexity index is 1230. The Labute approximate surface area is 210 Å². The number of nitrogens with zero attached hydrogens (tertiary/aromatic N) is 1. The number of alkyl halides is 3. The lowest BCUT2D eigenvalue weighted by Crippen LogP contribution is -2.47. The summed E-state index contributed by atoms with van der Waals surface area (Å²) >= 11 is 0. The van der Waals surface area contributed by atoms with Crippen molar-refractivity contribution in [2.45, 2.75) is 38.5 Å². The van der Waals surface area contributed by atoms with Crippen molar-refractivity contribution in [3.63, 3.8) is 0 Å². The Morgan fingerprint density at radius 2 is 1.61 bits per heavy atom. The molecule has 0 radical (unpaired) electrons. The minimum Gasteiger partial charge on any atom is -0.303 e. The first-order valence-corrected chi connectivity index (χ1v) is 12.8. The summed E-state index contributed by atoms with van der Waals surface area (Å²) in [6, 6.07) is 20.9. The minimum absolute atomic E-state index is 0.264. The van der Waals surface area contributed by atoms with Gasteiger partial charge in [0.05, 0.1) is 12.2 Å². The molecule has 1 nitrogen and oxygen atoms in total. The molecule has 0 aromatic heterocycles. The first-order valence-electron chi connectivity index (χ1n) is 12.8. The van der Waals surface area contributed by atoms with Crippen LogP contribution in [0.3, 0.4) is 0 Å². The third-order valence-corrected chi connectivity index (χ3v) is 7.46. The summed E-state index contributed by atoms with van der Waals surface area (Å²) < 4.78 is 54.7. The predicted molar refractivity (Wildman–Crippen MR) is 137 cm³/mol. The fourth-order valence-corrected chi connectivity index (χ4v) is 5.69. The second-order valence-corrected chi connectivity index (χ2v) is 9.94. The lowest BCUT2D eigenvalue weighted by atomic mass is 9.86. The van der Waals surface area contributed by atoms with Crippen LogP contribution < -0.4 is 0 Å². The molecule has 2 aliphatic rings. The van der Waals surface area contributed by atoms with Crippen molar-refractivity contribution in [1.82, 2.24) is 4.90 Å². The van der Waals surface area contributed by atoms with Crippen LogP contribution in [0.1, 0.15) is 59.1 Å². The summed E-state index contributed by atoms with van der Waals surface area (Å²) in [5, 5.41) is 0. The van der Waals surface area contributed by atoms with Crippen molar-refractivity contribution in [3.05, 3.63) is 106 Å². The summed E-state index contributed by atoms with van der Waals surface area (Å²) in [6.07, 6.45) is 1.02. The Morgan fingerprint density at radius 1 is 0.861 bits per heavy atom. The topological polar surface area (TPSA) is 3.24 Å². The molecule has 3 aromatic carbocycles. The molecule has 1 heterocycles. The molecule has 1 fully saturated rings. The Morgan fingerprint density at radius 3 is 2.36 bits per heavy atom. The van der Waals surface area contributed by atoms with E-state index in [2.05, 4.69) is 41.3 Å². The number of hydrogen-bond acceptors (Lipinski definition) is 1. The van der Waals surface area contributed by atoms with Gasteiger partial charge in [0, 0.05) is 25.2 Å². The second-order valence-electron chi connectivity index (χ2n) is 9.94. The van der Waals surface area contributed by atoms with Crippen molar-refractivity contribution in [1.29, 1.82) is 0 Å². The van der Waals surface area contributed by atoms with Crippen molar-refractivity contribution < 1.29 is 17.6 Å². The third kappa shape index (κ3) is 5.12. The molecular formula is C31H31F4N. The maximum Gasteiger partial charge on any atom is 0.266 e. The molecule has 0 amide bonds. The molecule has 0 spiro atoms. The third-order valence-electron chi connectivity index (χ3n) is 7.46. The Hall–Kier alpha value is -2.92. The number of aryl methyl sites for hydroxylation is 1. The molecule has 1 aliphatic carbocycles. The zero-order valence-corrected chi connectivity index (χ0v) is 20.3. The molecule has 0 unspecified atom stereocenters. The molecule has 1 aliphatic heterocycles. The lowest BCUT2D eigenvalue weighted by Gasteiger charge is -2.39. The van der Waals surface area contributed by atoms with Gasteiger partial charge in [-0.25, -0.2) is 13.2 Å². The van der Waals surface area contributed by atoms with Gasteiger partial charge in [0.25, 0.3) is 6.43 Å². The number of allylic oxidation sites excluding steroid dienone is 1. The molecule has 36 heavy (non-hydrogen) atoms. The van der Waals surface area contributed by atoms with Gasteiger partial charge in [0.2, 0.25) is 0 Å². The van der Waals surface area contributed by atoms with Crippen molar-refractivity contribution in [2.75, 3.05) is 26.3 Å². The van der Waals surface area contributed by atoms with E-state index in [0.717, 1.165) is 61.2 Å². The number of fused-ring (bicyclic) bond motifs is 1. The molecule has 3 aromatic rings. The van der Waals surface area contributed by atoms with E-state index < -0.39 is 17.8 Å². The van der Waals surface area contributed by atoms with Gasteiger partial charge in [0.1, 0.15) is 5.82 Å². The standard InChI is InChI=1S/C31H31F4N/c32-16-5-17-36-19-22(20-36)18-21-12-14-24(15-13-21)29-25-8-2-1-6-23(25)7-3-9-26(29)27-10-4-11-28(30(27)33)31(34)35/h1-2,4,6,8,10-15,22,31H,3,5,7,9,16-20H2. The monoisotopic (exact) mass is 493 g/mol. The SMILES string of the molecule is FCCCN1CC(Cc2ccc(C3=C(c4cccc(C(F)F)c4F)CCCc4ccccc43)cc2)C1.